The third kappa shape index (κ3) is 2.74. The highest BCUT2D eigenvalue weighted by Crippen LogP contribution is 2.48. The monoisotopic (exact) mass is 410 g/mol. The maximum atomic E-state index is 13.0. The number of benzene rings is 1. The van der Waals surface area contributed by atoms with Gasteiger partial charge < -0.3 is 5.73 Å². The van der Waals surface area contributed by atoms with Crippen molar-refractivity contribution in [3.8, 4) is 0 Å². The van der Waals surface area contributed by atoms with E-state index in [4.69, 9.17) is 5.73 Å². The van der Waals surface area contributed by atoms with Crippen LogP contribution in [0.3, 0.4) is 0 Å². The number of carbonyl (C=O) groups excluding carboxylic acids is 4. The molecule has 1 aromatic carbocycles. The number of imide groups is 2. The van der Waals surface area contributed by atoms with Gasteiger partial charge >= 0.3 is 0 Å². The fourth-order valence-corrected chi connectivity index (χ4v) is 5.73. The minimum absolute atomic E-state index is 0.0653. The first-order valence-corrected chi connectivity index (χ1v) is 10.7. The number of amides is 4. The summed E-state index contributed by atoms with van der Waals surface area (Å²) >= 11 is 0. The summed E-state index contributed by atoms with van der Waals surface area (Å²) in [6, 6.07) is 4.43. The van der Waals surface area contributed by atoms with Crippen LogP contribution >= 0.6 is 0 Å². The topological polar surface area (TPSA) is 113 Å². The van der Waals surface area contributed by atoms with Crippen molar-refractivity contribution >= 4 is 23.6 Å². The van der Waals surface area contributed by atoms with E-state index in [1.165, 1.54) is 12.8 Å². The molecule has 1 aromatic rings. The molecule has 8 nitrogen and oxygen atoms in total. The molecule has 3 unspecified atom stereocenters. The van der Waals surface area contributed by atoms with Gasteiger partial charge in [0.1, 0.15) is 6.04 Å². The van der Waals surface area contributed by atoms with Crippen LogP contribution in [0.4, 0.5) is 0 Å². The zero-order valence-corrected chi connectivity index (χ0v) is 16.9. The van der Waals surface area contributed by atoms with E-state index in [0.29, 0.717) is 30.1 Å². The zero-order chi connectivity index (χ0) is 21.0. The lowest BCUT2D eigenvalue weighted by Gasteiger charge is -2.59. The van der Waals surface area contributed by atoms with Gasteiger partial charge in [-0.3, -0.25) is 34.3 Å². The molecule has 4 aliphatic rings. The largest absolute Gasteiger partial charge is 0.329 e. The molecule has 158 valence electrons. The first-order valence-electron chi connectivity index (χ1n) is 10.7. The van der Waals surface area contributed by atoms with Gasteiger partial charge in [0, 0.05) is 25.0 Å². The Hall–Kier alpha value is -2.58. The molecule has 8 heteroatoms. The molecule has 1 saturated carbocycles. The van der Waals surface area contributed by atoms with Crippen LogP contribution < -0.4 is 11.1 Å². The van der Waals surface area contributed by atoms with Gasteiger partial charge in [-0.2, -0.15) is 0 Å². The number of likely N-dealkylation sites (tertiary alicyclic amines) is 1. The van der Waals surface area contributed by atoms with Crippen LogP contribution in [0.2, 0.25) is 0 Å². The molecule has 3 aliphatic heterocycles. The van der Waals surface area contributed by atoms with Crippen molar-refractivity contribution < 1.29 is 19.2 Å². The highest BCUT2D eigenvalue weighted by Gasteiger charge is 2.51. The lowest BCUT2D eigenvalue weighted by molar-refractivity contribution is -0.136. The summed E-state index contributed by atoms with van der Waals surface area (Å²) < 4.78 is 0. The molecule has 3 N–H and O–H groups in total. The minimum Gasteiger partial charge on any atom is -0.329 e. The SMILES string of the molecule is NCC12CCC1CCCN2Cc1ccc2c(c1)C(=O)N(C1CCC(=O)NC1=O)C2=O. The van der Waals surface area contributed by atoms with E-state index in [1.54, 1.807) is 12.1 Å². The molecule has 4 amide bonds. The Labute approximate surface area is 174 Å². The summed E-state index contributed by atoms with van der Waals surface area (Å²) in [7, 11) is 0. The van der Waals surface area contributed by atoms with E-state index in [2.05, 4.69) is 10.2 Å². The predicted octanol–water partition coefficient (Wildman–Crippen LogP) is 0.791. The van der Waals surface area contributed by atoms with Gasteiger partial charge in [-0.1, -0.05) is 6.07 Å². The second-order valence-electron chi connectivity index (χ2n) is 8.93. The van der Waals surface area contributed by atoms with Gasteiger partial charge in [-0.25, -0.2) is 0 Å². The Kier molecular flexibility index (Phi) is 4.52. The van der Waals surface area contributed by atoms with Crippen molar-refractivity contribution in [2.45, 2.75) is 56.7 Å². The van der Waals surface area contributed by atoms with Crippen molar-refractivity contribution in [3.63, 3.8) is 0 Å². The molecular formula is C22H26N4O4. The Bertz CT molecular complexity index is 956. The number of hydrogen-bond acceptors (Lipinski definition) is 6. The third-order valence-corrected chi connectivity index (χ3v) is 7.53. The first-order chi connectivity index (χ1) is 14.4. The number of nitrogens with one attached hydrogen (secondary N) is 1. The normalized spacial score (nSPS) is 31.3. The van der Waals surface area contributed by atoms with Crippen molar-refractivity contribution in [2.75, 3.05) is 13.1 Å². The van der Waals surface area contributed by atoms with E-state index >= 15 is 0 Å². The lowest BCUT2D eigenvalue weighted by Crippen LogP contribution is -2.66. The molecule has 5 rings (SSSR count). The molecule has 0 spiro atoms. The van der Waals surface area contributed by atoms with Crippen molar-refractivity contribution in [1.82, 2.24) is 15.1 Å². The number of piperidine rings is 2. The quantitative estimate of drug-likeness (QED) is 0.710. The van der Waals surface area contributed by atoms with Crippen LogP contribution in [-0.2, 0) is 16.1 Å². The maximum absolute atomic E-state index is 13.0. The molecule has 0 bridgehead atoms. The number of rotatable bonds is 4. The smallest absolute Gasteiger partial charge is 0.262 e. The summed E-state index contributed by atoms with van der Waals surface area (Å²) in [5.74, 6) is -1.24. The Balaban J connectivity index is 1.39. The highest BCUT2D eigenvalue weighted by molar-refractivity contribution is 6.23. The number of nitrogens with zero attached hydrogens (tertiary/aromatic N) is 2. The van der Waals surface area contributed by atoms with Crippen molar-refractivity contribution in [2.24, 2.45) is 11.7 Å². The van der Waals surface area contributed by atoms with E-state index in [9.17, 15) is 19.2 Å². The van der Waals surface area contributed by atoms with Crippen LogP contribution in [0.25, 0.3) is 0 Å². The Morgan fingerprint density at radius 1 is 1.07 bits per heavy atom. The van der Waals surface area contributed by atoms with Gasteiger partial charge in [-0.15, -0.1) is 0 Å². The molecule has 30 heavy (non-hydrogen) atoms. The van der Waals surface area contributed by atoms with Gasteiger partial charge in [0.05, 0.1) is 11.1 Å². The molecular weight excluding hydrogens is 384 g/mol. The molecule has 2 saturated heterocycles. The molecule has 0 radical (unpaired) electrons. The predicted molar refractivity (Wildman–Crippen MR) is 107 cm³/mol. The van der Waals surface area contributed by atoms with Crippen LogP contribution in [-0.4, -0.2) is 58.1 Å². The summed E-state index contributed by atoms with van der Waals surface area (Å²) in [5, 5.41) is 2.22. The van der Waals surface area contributed by atoms with Crippen LogP contribution in [0.1, 0.15) is 64.8 Å². The minimum atomic E-state index is -0.933. The van der Waals surface area contributed by atoms with Crippen molar-refractivity contribution in [1.29, 1.82) is 0 Å². The summed E-state index contributed by atoms with van der Waals surface area (Å²) in [4.78, 5) is 53.0. The maximum Gasteiger partial charge on any atom is 0.262 e. The zero-order valence-electron chi connectivity index (χ0n) is 16.9. The fraction of sp³-hybridized carbons (Fsp3) is 0.545. The van der Waals surface area contributed by atoms with Gasteiger partial charge in [-0.05, 0) is 62.3 Å². The van der Waals surface area contributed by atoms with Crippen LogP contribution in [0.5, 0.6) is 0 Å². The molecule has 0 aromatic heterocycles. The van der Waals surface area contributed by atoms with E-state index < -0.39 is 23.8 Å². The summed E-state index contributed by atoms with van der Waals surface area (Å²) in [6.07, 6.45) is 5.00. The standard InChI is InChI=1S/C22H26N4O4/c23-12-22-8-7-14(22)2-1-9-25(22)11-13-3-4-15-16(10-13)21(30)26(20(15)29)17-5-6-18(27)24-19(17)28/h3-4,10,14,17H,1-2,5-9,11-12,23H2,(H,24,27,28). The van der Waals surface area contributed by atoms with Gasteiger partial charge in [0.25, 0.3) is 11.8 Å². The average molecular weight is 410 g/mol. The third-order valence-electron chi connectivity index (χ3n) is 7.53. The van der Waals surface area contributed by atoms with Gasteiger partial charge in [0.15, 0.2) is 0 Å². The second kappa shape index (κ2) is 6.99. The van der Waals surface area contributed by atoms with E-state index in [1.807, 2.05) is 6.07 Å². The average Bonchev–Trinajstić information content (AvgIpc) is 2.94. The van der Waals surface area contributed by atoms with Gasteiger partial charge in [0.2, 0.25) is 11.8 Å². The van der Waals surface area contributed by atoms with Crippen LogP contribution in [0.15, 0.2) is 18.2 Å². The summed E-state index contributed by atoms with van der Waals surface area (Å²) in [6.45, 7) is 2.32. The van der Waals surface area contributed by atoms with Crippen molar-refractivity contribution in [3.05, 3.63) is 34.9 Å². The molecule has 3 atom stereocenters. The number of fused-ring (bicyclic) bond motifs is 2. The fourth-order valence-electron chi connectivity index (χ4n) is 5.73. The number of hydrogen-bond donors (Lipinski definition) is 2. The molecule has 1 aliphatic carbocycles. The first kappa shape index (κ1) is 19.4. The second-order valence-corrected chi connectivity index (χ2v) is 8.93. The van der Waals surface area contributed by atoms with E-state index in [-0.39, 0.29) is 24.3 Å². The number of carbonyl (C=O) groups is 4. The Morgan fingerprint density at radius 2 is 1.87 bits per heavy atom. The Morgan fingerprint density at radius 3 is 2.57 bits per heavy atom. The molecule has 3 heterocycles. The van der Waals surface area contributed by atoms with E-state index in [0.717, 1.165) is 29.8 Å². The molecule has 3 fully saturated rings. The lowest BCUT2D eigenvalue weighted by atomic mass is 9.61. The highest BCUT2D eigenvalue weighted by atomic mass is 16.2. The summed E-state index contributed by atoms with van der Waals surface area (Å²) in [5.41, 5.74) is 7.87. The van der Waals surface area contributed by atoms with Crippen LogP contribution in [0, 0.1) is 5.92 Å². The number of nitrogens with two attached hydrogens (primary N) is 1.